The Hall–Kier alpha value is -2.81. The average Bonchev–Trinajstić information content (AvgIpc) is 3.39. The summed E-state index contributed by atoms with van der Waals surface area (Å²) in [6, 6.07) is 0. The maximum Gasteiger partial charge on any atom is 0.472 e. The highest BCUT2D eigenvalue weighted by Crippen LogP contribution is 2.43. The molecule has 0 amide bonds. The van der Waals surface area contributed by atoms with Crippen molar-refractivity contribution in [1.29, 1.82) is 0 Å². The number of carbonyl (C=O) groups is 2. The van der Waals surface area contributed by atoms with E-state index in [1.54, 1.807) is 0 Å². The van der Waals surface area contributed by atoms with Gasteiger partial charge in [-0.05, 0) is 70.6 Å². The largest absolute Gasteiger partial charge is 0.472 e. The fourth-order valence-electron chi connectivity index (χ4n) is 8.56. The van der Waals surface area contributed by atoms with Gasteiger partial charge in [0.15, 0.2) is 6.10 Å². The second-order valence-corrected chi connectivity index (χ2v) is 21.7. The third-order valence-corrected chi connectivity index (χ3v) is 14.0. The standard InChI is InChI=1S/C64H114NO8P/c1-3-5-7-9-11-13-15-17-18-19-20-21-22-23-24-25-26-27-28-29-30-31-32-33-34-35-36-37-38-39-40-41-42-43-44-45-47-49-51-53-55-57-64(67)73-62(61-72-74(68,69)71-59-58-65)60-70-63(66)56-54-52-50-48-46-16-14-12-10-8-6-4-2/h5,7,11,13,17-18,20-21,23-24,26-27,29-30,62H,3-4,6,8-10,12,14-16,19,22,25,28,31-61,65H2,1-2H3,(H,68,69)/b7-5-,13-11-,18-17-,21-20-,24-23-,27-26-,30-29-. The molecule has 0 spiro atoms. The van der Waals surface area contributed by atoms with Gasteiger partial charge in [-0.1, -0.05) is 279 Å². The summed E-state index contributed by atoms with van der Waals surface area (Å²) in [5.41, 5.74) is 5.37. The number of phosphoric ester groups is 1. The lowest BCUT2D eigenvalue weighted by atomic mass is 10.0. The first-order valence-corrected chi connectivity index (χ1v) is 32.1. The summed E-state index contributed by atoms with van der Waals surface area (Å²) < 4.78 is 33.0. The Balaban J connectivity index is 3.78. The minimum absolute atomic E-state index is 0.0538. The van der Waals surface area contributed by atoms with Crippen molar-refractivity contribution >= 4 is 19.8 Å². The Morgan fingerprint density at radius 3 is 1.11 bits per heavy atom. The maximum absolute atomic E-state index is 12.7. The molecule has 0 saturated heterocycles. The van der Waals surface area contributed by atoms with Crippen molar-refractivity contribution < 1.29 is 37.6 Å². The summed E-state index contributed by atoms with van der Waals surface area (Å²) in [6.45, 7) is 3.64. The predicted octanol–water partition coefficient (Wildman–Crippen LogP) is 19.5. The zero-order valence-corrected chi connectivity index (χ0v) is 48.7. The van der Waals surface area contributed by atoms with E-state index >= 15 is 0 Å². The molecule has 2 unspecified atom stereocenters. The second kappa shape index (κ2) is 59.4. The molecule has 0 radical (unpaired) electrons. The van der Waals surface area contributed by atoms with Gasteiger partial charge in [0.25, 0.3) is 0 Å². The molecule has 3 N–H and O–H groups in total. The van der Waals surface area contributed by atoms with Gasteiger partial charge < -0.3 is 20.1 Å². The highest BCUT2D eigenvalue weighted by Gasteiger charge is 2.26. The van der Waals surface area contributed by atoms with E-state index in [0.29, 0.717) is 6.42 Å². The van der Waals surface area contributed by atoms with Gasteiger partial charge >= 0.3 is 19.8 Å². The van der Waals surface area contributed by atoms with Crippen LogP contribution in [0.3, 0.4) is 0 Å². The van der Waals surface area contributed by atoms with E-state index in [2.05, 4.69) is 98.9 Å². The summed E-state index contributed by atoms with van der Waals surface area (Å²) in [4.78, 5) is 35.1. The zero-order valence-electron chi connectivity index (χ0n) is 47.8. The average molecular weight is 1060 g/mol. The molecule has 2 atom stereocenters. The van der Waals surface area contributed by atoms with E-state index in [1.165, 1.54) is 161 Å². The quantitative estimate of drug-likeness (QED) is 0.0264. The number of carbonyl (C=O) groups excluding carboxylic acids is 2. The van der Waals surface area contributed by atoms with Gasteiger partial charge in [0.1, 0.15) is 6.61 Å². The molecule has 9 nitrogen and oxygen atoms in total. The molecule has 0 aromatic heterocycles. The number of nitrogens with two attached hydrogens (primary N) is 1. The molecule has 0 aliphatic carbocycles. The van der Waals surface area contributed by atoms with Gasteiger partial charge in [-0.3, -0.25) is 18.6 Å². The van der Waals surface area contributed by atoms with Crippen molar-refractivity contribution in [3.63, 3.8) is 0 Å². The van der Waals surface area contributed by atoms with E-state index in [-0.39, 0.29) is 38.6 Å². The molecule has 0 aliphatic rings. The van der Waals surface area contributed by atoms with E-state index in [0.717, 1.165) is 83.5 Å². The van der Waals surface area contributed by atoms with Gasteiger partial charge in [0.05, 0.1) is 13.2 Å². The first-order valence-electron chi connectivity index (χ1n) is 30.6. The van der Waals surface area contributed by atoms with Gasteiger partial charge in [0.2, 0.25) is 0 Å². The minimum atomic E-state index is -4.38. The summed E-state index contributed by atoms with van der Waals surface area (Å²) in [5.74, 6) is -0.818. The van der Waals surface area contributed by atoms with E-state index < -0.39 is 26.5 Å². The molecule has 74 heavy (non-hydrogen) atoms. The highest BCUT2D eigenvalue weighted by molar-refractivity contribution is 7.47. The summed E-state index contributed by atoms with van der Waals surface area (Å²) in [7, 11) is -4.38. The van der Waals surface area contributed by atoms with Gasteiger partial charge in [-0.15, -0.1) is 0 Å². The van der Waals surface area contributed by atoms with Crippen molar-refractivity contribution in [3.8, 4) is 0 Å². The Bertz CT molecular complexity index is 1480. The van der Waals surface area contributed by atoms with Crippen LogP contribution in [-0.4, -0.2) is 49.3 Å². The number of hydrogen-bond acceptors (Lipinski definition) is 8. The van der Waals surface area contributed by atoms with Crippen molar-refractivity contribution in [2.45, 2.75) is 283 Å². The van der Waals surface area contributed by atoms with Crippen LogP contribution < -0.4 is 5.73 Å². The van der Waals surface area contributed by atoms with E-state index in [1.807, 2.05) is 0 Å². The van der Waals surface area contributed by atoms with Gasteiger partial charge in [0, 0.05) is 19.4 Å². The normalized spacial score (nSPS) is 13.6. The topological polar surface area (TPSA) is 134 Å². The molecule has 0 fully saturated rings. The predicted molar refractivity (Wildman–Crippen MR) is 316 cm³/mol. The smallest absolute Gasteiger partial charge is 0.462 e. The Morgan fingerprint density at radius 1 is 0.419 bits per heavy atom. The maximum atomic E-state index is 12.7. The van der Waals surface area contributed by atoms with Crippen LogP contribution >= 0.6 is 7.82 Å². The lowest BCUT2D eigenvalue weighted by molar-refractivity contribution is -0.161. The van der Waals surface area contributed by atoms with Crippen LogP contribution in [0.5, 0.6) is 0 Å². The first kappa shape index (κ1) is 71.2. The van der Waals surface area contributed by atoms with Crippen molar-refractivity contribution in [3.05, 3.63) is 85.1 Å². The number of esters is 2. The SMILES string of the molecule is CC/C=C\C/C=C\C/C=C\C/C=C\C/C=C\C/C=C\C/C=C\CCCCCCCCCCCCCCCCCCCCCC(=O)OC(COC(=O)CCCCCCCCCCCCCC)COP(=O)(O)OCCN. The Kier molecular flexibility index (Phi) is 57.2. The molecule has 0 aliphatic heterocycles. The molecule has 10 heteroatoms. The van der Waals surface area contributed by atoms with Crippen LogP contribution in [0.25, 0.3) is 0 Å². The summed E-state index contributed by atoms with van der Waals surface area (Å²) in [6.07, 6.45) is 78.1. The molecule has 0 saturated carbocycles. The van der Waals surface area contributed by atoms with Crippen LogP contribution in [0, 0.1) is 0 Å². The van der Waals surface area contributed by atoms with Crippen LogP contribution in [0.2, 0.25) is 0 Å². The molecular formula is C64H114NO8P. The summed E-state index contributed by atoms with van der Waals surface area (Å²) in [5, 5.41) is 0. The third-order valence-electron chi connectivity index (χ3n) is 13.0. The number of unbranched alkanes of at least 4 members (excludes halogenated alkanes) is 30. The molecule has 0 aromatic rings. The van der Waals surface area contributed by atoms with Crippen molar-refractivity contribution in [1.82, 2.24) is 0 Å². The van der Waals surface area contributed by atoms with E-state index in [9.17, 15) is 19.0 Å². The summed E-state index contributed by atoms with van der Waals surface area (Å²) >= 11 is 0. The highest BCUT2D eigenvalue weighted by atomic mass is 31.2. The fraction of sp³-hybridized carbons (Fsp3) is 0.750. The molecule has 0 bridgehead atoms. The number of ether oxygens (including phenoxy) is 2. The molecule has 0 heterocycles. The minimum Gasteiger partial charge on any atom is -0.462 e. The van der Waals surface area contributed by atoms with Crippen LogP contribution in [0.4, 0.5) is 0 Å². The Labute approximate surface area is 455 Å². The lowest BCUT2D eigenvalue weighted by Gasteiger charge is -2.19. The lowest BCUT2D eigenvalue weighted by Crippen LogP contribution is -2.29. The first-order chi connectivity index (χ1) is 36.3. The fourth-order valence-corrected chi connectivity index (χ4v) is 9.32. The van der Waals surface area contributed by atoms with E-state index in [4.69, 9.17) is 24.3 Å². The number of allylic oxidation sites excluding steroid dienone is 14. The number of rotatable bonds is 57. The monoisotopic (exact) mass is 1060 g/mol. The van der Waals surface area contributed by atoms with Gasteiger partial charge in [-0.25, -0.2) is 4.57 Å². The van der Waals surface area contributed by atoms with Crippen molar-refractivity contribution in [2.75, 3.05) is 26.4 Å². The zero-order chi connectivity index (χ0) is 53.8. The van der Waals surface area contributed by atoms with Gasteiger partial charge in [-0.2, -0.15) is 0 Å². The van der Waals surface area contributed by atoms with Crippen LogP contribution in [0.1, 0.15) is 277 Å². The molecule has 428 valence electrons. The van der Waals surface area contributed by atoms with Crippen molar-refractivity contribution in [2.24, 2.45) is 5.73 Å². The van der Waals surface area contributed by atoms with Crippen LogP contribution in [0.15, 0.2) is 85.1 Å². The molecular weight excluding hydrogens is 942 g/mol. The third kappa shape index (κ3) is 58.5. The van der Waals surface area contributed by atoms with Crippen LogP contribution in [-0.2, 0) is 32.7 Å². The molecule has 0 aromatic carbocycles. The second-order valence-electron chi connectivity index (χ2n) is 20.2. The number of phosphoric acid groups is 1. The Morgan fingerprint density at radius 2 is 0.743 bits per heavy atom. The molecule has 0 rings (SSSR count). The number of hydrogen-bond donors (Lipinski definition) is 2.